The molecule has 2 heterocycles. The molecule has 1 aromatic rings. The Morgan fingerprint density at radius 1 is 1.58 bits per heavy atom. The van der Waals surface area contributed by atoms with Crippen LogP contribution < -0.4 is 5.32 Å². The molecule has 0 saturated carbocycles. The first-order valence-electron chi connectivity index (χ1n) is 6.30. The van der Waals surface area contributed by atoms with Crippen LogP contribution in [-0.4, -0.2) is 39.5 Å². The Morgan fingerprint density at radius 3 is 3.11 bits per heavy atom. The van der Waals surface area contributed by atoms with Crippen molar-refractivity contribution in [3.63, 3.8) is 0 Å². The summed E-state index contributed by atoms with van der Waals surface area (Å²) in [6, 6.07) is 1.58. The third-order valence-electron chi connectivity index (χ3n) is 2.92. The summed E-state index contributed by atoms with van der Waals surface area (Å²) in [6.45, 7) is 0.567. The number of hydrogen-bond acceptors (Lipinski definition) is 4. The first-order valence-corrected chi connectivity index (χ1v) is 6.30. The van der Waals surface area contributed by atoms with E-state index in [2.05, 4.69) is 10.4 Å². The van der Waals surface area contributed by atoms with Gasteiger partial charge >= 0.3 is 5.97 Å². The van der Waals surface area contributed by atoms with E-state index in [0.717, 1.165) is 19.4 Å². The SMILES string of the molecule is O=C(O)Cn1ccc(NC(=O)CCC2CCCO2)n1. The minimum atomic E-state index is -0.973. The number of anilines is 1. The van der Waals surface area contributed by atoms with Gasteiger partial charge in [-0.05, 0) is 19.3 Å². The third kappa shape index (κ3) is 4.36. The van der Waals surface area contributed by atoms with Crippen LogP contribution in [0.4, 0.5) is 5.82 Å². The van der Waals surface area contributed by atoms with E-state index in [-0.39, 0.29) is 18.6 Å². The summed E-state index contributed by atoms with van der Waals surface area (Å²) in [6.07, 6.45) is 4.88. The van der Waals surface area contributed by atoms with Crippen LogP contribution in [0.2, 0.25) is 0 Å². The zero-order valence-corrected chi connectivity index (χ0v) is 10.5. The average molecular weight is 267 g/mol. The normalized spacial score (nSPS) is 18.4. The molecule has 104 valence electrons. The summed E-state index contributed by atoms with van der Waals surface area (Å²) in [5, 5.41) is 15.2. The zero-order valence-electron chi connectivity index (χ0n) is 10.5. The number of carbonyl (C=O) groups excluding carboxylic acids is 1. The van der Waals surface area contributed by atoms with Crippen LogP contribution in [0.25, 0.3) is 0 Å². The fourth-order valence-corrected chi connectivity index (χ4v) is 2.02. The maximum atomic E-state index is 11.7. The van der Waals surface area contributed by atoms with Gasteiger partial charge in [-0.15, -0.1) is 0 Å². The van der Waals surface area contributed by atoms with Crippen LogP contribution >= 0.6 is 0 Å². The van der Waals surface area contributed by atoms with Gasteiger partial charge in [-0.3, -0.25) is 14.3 Å². The van der Waals surface area contributed by atoms with Gasteiger partial charge in [0.25, 0.3) is 0 Å². The highest BCUT2D eigenvalue weighted by Crippen LogP contribution is 2.17. The van der Waals surface area contributed by atoms with Gasteiger partial charge in [-0.2, -0.15) is 5.10 Å². The molecule has 1 aliphatic rings. The molecule has 0 aromatic carbocycles. The Hall–Kier alpha value is -1.89. The van der Waals surface area contributed by atoms with E-state index in [1.54, 1.807) is 6.07 Å². The molecule has 1 amide bonds. The first-order chi connectivity index (χ1) is 9.13. The van der Waals surface area contributed by atoms with Crippen molar-refractivity contribution >= 4 is 17.7 Å². The molecular formula is C12H17N3O4. The van der Waals surface area contributed by atoms with Crippen LogP contribution in [0.15, 0.2) is 12.3 Å². The van der Waals surface area contributed by atoms with Crippen molar-refractivity contribution in [3.05, 3.63) is 12.3 Å². The summed E-state index contributed by atoms with van der Waals surface area (Å²) >= 11 is 0. The van der Waals surface area contributed by atoms with E-state index in [0.29, 0.717) is 18.7 Å². The lowest BCUT2D eigenvalue weighted by atomic mass is 10.1. The number of carboxylic acids is 1. The second-order valence-electron chi connectivity index (χ2n) is 4.51. The molecule has 0 bridgehead atoms. The second-order valence-corrected chi connectivity index (χ2v) is 4.51. The summed E-state index contributed by atoms with van der Waals surface area (Å²) in [4.78, 5) is 22.2. The standard InChI is InChI=1S/C12H17N3O4/c16-11(4-3-9-2-1-7-19-9)13-10-5-6-15(14-10)8-12(17)18/h5-6,9H,1-4,7-8H2,(H,17,18)(H,13,14,16). The highest BCUT2D eigenvalue weighted by Gasteiger charge is 2.17. The molecule has 1 aromatic heterocycles. The lowest BCUT2D eigenvalue weighted by Crippen LogP contribution is -2.16. The molecule has 0 radical (unpaired) electrons. The maximum Gasteiger partial charge on any atom is 0.325 e. The molecule has 7 heteroatoms. The molecule has 1 atom stereocenters. The lowest BCUT2D eigenvalue weighted by Gasteiger charge is -2.08. The summed E-state index contributed by atoms with van der Waals surface area (Å²) in [7, 11) is 0. The van der Waals surface area contributed by atoms with Crippen molar-refractivity contribution in [2.75, 3.05) is 11.9 Å². The molecule has 7 nitrogen and oxygen atoms in total. The monoisotopic (exact) mass is 267 g/mol. The van der Waals surface area contributed by atoms with Gasteiger partial charge in [-0.1, -0.05) is 0 Å². The van der Waals surface area contributed by atoms with E-state index < -0.39 is 5.97 Å². The molecule has 19 heavy (non-hydrogen) atoms. The summed E-state index contributed by atoms with van der Waals surface area (Å²) in [5.74, 6) is -0.728. The number of carbonyl (C=O) groups is 2. The van der Waals surface area contributed by atoms with Gasteiger partial charge < -0.3 is 15.2 Å². The quantitative estimate of drug-likeness (QED) is 0.797. The Balaban J connectivity index is 1.74. The summed E-state index contributed by atoms with van der Waals surface area (Å²) < 4.78 is 6.70. The molecular weight excluding hydrogens is 250 g/mol. The molecule has 2 N–H and O–H groups in total. The Morgan fingerprint density at radius 2 is 2.42 bits per heavy atom. The molecule has 1 fully saturated rings. The van der Waals surface area contributed by atoms with Gasteiger partial charge in [0.05, 0.1) is 6.10 Å². The number of ether oxygens (including phenoxy) is 1. The van der Waals surface area contributed by atoms with Crippen LogP contribution in [0.1, 0.15) is 25.7 Å². The van der Waals surface area contributed by atoms with Crippen molar-refractivity contribution in [1.82, 2.24) is 9.78 Å². The zero-order chi connectivity index (χ0) is 13.7. The van der Waals surface area contributed by atoms with E-state index in [9.17, 15) is 9.59 Å². The van der Waals surface area contributed by atoms with Crippen molar-refractivity contribution in [1.29, 1.82) is 0 Å². The number of nitrogens with one attached hydrogen (secondary N) is 1. The maximum absolute atomic E-state index is 11.7. The number of aliphatic carboxylic acids is 1. The van der Waals surface area contributed by atoms with E-state index in [1.165, 1.54) is 10.9 Å². The van der Waals surface area contributed by atoms with Crippen molar-refractivity contribution in [2.45, 2.75) is 38.3 Å². The molecule has 1 aliphatic heterocycles. The smallest absolute Gasteiger partial charge is 0.325 e. The fraction of sp³-hybridized carbons (Fsp3) is 0.583. The minimum absolute atomic E-state index is 0.129. The van der Waals surface area contributed by atoms with Gasteiger partial charge in [0, 0.05) is 25.3 Å². The predicted molar refractivity (Wildman–Crippen MR) is 66.7 cm³/mol. The first kappa shape index (κ1) is 13.5. The number of nitrogens with zero attached hydrogens (tertiary/aromatic N) is 2. The van der Waals surface area contributed by atoms with E-state index in [4.69, 9.17) is 9.84 Å². The van der Waals surface area contributed by atoms with Crippen LogP contribution in [0.3, 0.4) is 0 Å². The van der Waals surface area contributed by atoms with Crippen molar-refractivity contribution in [3.8, 4) is 0 Å². The molecule has 2 rings (SSSR count). The number of aromatic nitrogens is 2. The highest BCUT2D eigenvalue weighted by atomic mass is 16.5. The second kappa shape index (κ2) is 6.33. The predicted octanol–water partition coefficient (Wildman–Crippen LogP) is 0.865. The van der Waals surface area contributed by atoms with E-state index in [1.807, 2.05) is 0 Å². The van der Waals surface area contributed by atoms with Crippen molar-refractivity contribution < 1.29 is 19.4 Å². The van der Waals surface area contributed by atoms with Crippen LogP contribution in [-0.2, 0) is 20.9 Å². The number of rotatable bonds is 6. The summed E-state index contributed by atoms with van der Waals surface area (Å²) in [5.41, 5.74) is 0. The average Bonchev–Trinajstić information content (AvgIpc) is 2.97. The van der Waals surface area contributed by atoms with Gasteiger partial charge in [0.15, 0.2) is 5.82 Å². The largest absolute Gasteiger partial charge is 0.480 e. The minimum Gasteiger partial charge on any atom is -0.480 e. The van der Waals surface area contributed by atoms with Crippen LogP contribution in [0.5, 0.6) is 0 Å². The number of hydrogen-bond donors (Lipinski definition) is 2. The Labute approximate surface area is 110 Å². The number of carboxylic acid groups (broad SMARTS) is 1. The van der Waals surface area contributed by atoms with Crippen LogP contribution in [0, 0.1) is 0 Å². The molecule has 0 spiro atoms. The lowest BCUT2D eigenvalue weighted by molar-refractivity contribution is -0.137. The fourth-order valence-electron chi connectivity index (χ4n) is 2.02. The Kier molecular flexibility index (Phi) is 4.51. The Bertz CT molecular complexity index is 452. The molecule has 1 saturated heterocycles. The topological polar surface area (TPSA) is 93.5 Å². The third-order valence-corrected chi connectivity index (χ3v) is 2.92. The molecule has 1 unspecified atom stereocenters. The van der Waals surface area contributed by atoms with Gasteiger partial charge in [-0.25, -0.2) is 0 Å². The van der Waals surface area contributed by atoms with Gasteiger partial charge in [0.1, 0.15) is 6.54 Å². The number of amides is 1. The van der Waals surface area contributed by atoms with E-state index >= 15 is 0 Å². The van der Waals surface area contributed by atoms with Gasteiger partial charge in [0.2, 0.25) is 5.91 Å². The highest BCUT2D eigenvalue weighted by molar-refractivity contribution is 5.89. The molecule has 0 aliphatic carbocycles. The van der Waals surface area contributed by atoms with Crippen molar-refractivity contribution in [2.24, 2.45) is 0 Å².